The van der Waals surface area contributed by atoms with Gasteiger partial charge in [0, 0.05) is 42.0 Å². The Labute approximate surface area is 167 Å². The number of halogens is 1. The van der Waals surface area contributed by atoms with E-state index in [0.29, 0.717) is 19.4 Å². The van der Waals surface area contributed by atoms with Crippen LogP contribution < -0.4 is 10.6 Å². The van der Waals surface area contributed by atoms with Crippen molar-refractivity contribution in [3.63, 3.8) is 0 Å². The predicted octanol–water partition coefficient (Wildman–Crippen LogP) is 2.80. The predicted molar refractivity (Wildman–Crippen MR) is 106 cm³/mol. The van der Waals surface area contributed by atoms with Crippen LogP contribution in [-0.2, 0) is 11.2 Å². The van der Waals surface area contributed by atoms with Gasteiger partial charge in [-0.25, -0.2) is 9.37 Å². The summed E-state index contributed by atoms with van der Waals surface area (Å²) in [6.07, 6.45) is 7.85. The summed E-state index contributed by atoms with van der Waals surface area (Å²) in [7, 11) is 0. The number of aryl methyl sites for hydroxylation is 1. The molecule has 3 aromatic rings. The second kappa shape index (κ2) is 8.38. The number of rotatable bonds is 6. The first-order valence-electron chi connectivity index (χ1n) is 9.75. The molecule has 0 radical (unpaired) electrons. The number of aromatic amines is 1. The Kier molecular flexibility index (Phi) is 5.50. The number of amides is 2. The molecule has 1 atom stereocenters. The van der Waals surface area contributed by atoms with E-state index in [0.717, 1.165) is 41.4 Å². The van der Waals surface area contributed by atoms with E-state index in [1.54, 1.807) is 12.1 Å². The molecule has 0 aliphatic heterocycles. The standard InChI is InChI=1S/C21H22FN5O2/c22-13-6-7-16-15(11-13)14-3-1-4-17(20(14)27-16)26-19(28)5-2-8-25-21(29)18-12-23-9-10-24-18/h6-7,9-12,17,27H,1-5,8H2,(H,25,29)(H,26,28)/t17-/m0/s1. The van der Waals surface area contributed by atoms with Crippen molar-refractivity contribution >= 4 is 22.7 Å². The zero-order valence-electron chi connectivity index (χ0n) is 15.9. The molecule has 1 aromatic carbocycles. The third-order valence-electron chi connectivity index (χ3n) is 5.17. The van der Waals surface area contributed by atoms with Crippen LogP contribution in [0.25, 0.3) is 10.9 Å². The first-order chi connectivity index (χ1) is 14.1. The molecule has 150 valence electrons. The van der Waals surface area contributed by atoms with Gasteiger partial charge < -0.3 is 15.6 Å². The van der Waals surface area contributed by atoms with E-state index in [9.17, 15) is 14.0 Å². The van der Waals surface area contributed by atoms with E-state index >= 15 is 0 Å². The molecule has 1 aliphatic carbocycles. The van der Waals surface area contributed by atoms with Crippen LogP contribution in [0.4, 0.5) is 4.39 Å². The monoisotopic (exact) mass is 395 g/mol. The second-order valence-electron chi connectivity index (χ2n) is 7.17. The van der Waals surface area contributed by atoms with Gasteiger partial charge in [-0.3, -0.25) is 14.6 Å². The van der Waals surface area contributed by atoms with Crippen molar-refractivity contribution in [2.24, 2.45) is 0 Å². The lowest BCUT2D eigenvalue weighted by molar-refractivity contribution is -0.122. The Balaban J connectivity index is 1.31. The van der Waals surface area contributed by atoms with E-state index < -0.39 is 0 Å². The Morgan fingerprint density at radius 1 is 1.28 bits per heavy atom. The maximum Gasteiger partial charge on any atom is 0.271 e. The fourth-order valence-electron chi connectivity index (χ4n) is 3.80. The van der Waals surface area contributed by atoms with Crippen LogP contribution in [0.15, 0.2) is 36.8 Å². The lowest BCUT2D eigenvalue weighted by Gasteiger charge is -2.24. The molecule has 2 amide bonds. The van der Waals surface area contributed by atoms with E-state index in [-0.39, 0.29) is 29.4 Å². The average molecular weight is 395 g/mol. The zero-order valence-corrected chi connectivity index (χ0v) is 15.9. The molecule has 0 saturated carbocycles. The molecule has 0 unspecified atom stereocenters. The van der Waals surface area contributed by atoms with Crippen LogP contribution in [0.1, 0.15) is 53.5 Å². The van der Waals surface area contributed by atoms with E-state index in [4.69, 9.17) is 0 Å². The summed E-state index contributed by atoms with van der Waals surface area (Å²) >= 11 is 0. The molecule has 3 N–H and O–H groups in total. The smallest absolute Gasteiger partial charge is 0.271 e. The van der Waals surface area contributed by atoms with Crippen LogP contribution in [-0.4, -0.2) is 33.3 Å². The highest BCUT2D eigenvalue weighted by Gasteiger charge is 2.25. The summed E-state index contributed by atoms with van der Waals surface area (Å²) in [5, 5.41) is 6.70. The molecule has 7 nitrogen and oxygen atoms in total. The molecule has 0 spiro atoms. The number of hydrogen-bond acceptors (Lipinski definition) is 4. The zero-order chi connectivity index (χ0) is 20.2. The summed E-state index contributed by atoms with van der Waals surface area (Å²) in [5.74, 6) is -0.629. The summed E-state index contributed by atoms with van der Waals surface area (Å²) in [5.41, 5.74) is 3.21. The topological polar surface area (TPSA) is 99.8 Å². The number of aromatic nitrogens is 3. The Morgan fingerprint density at radius 2 is 2.17 bits per heavy atom. The van der Waals surface area contributed by atoms with Gasteiger partial charge in [0.05, 0.1) is 12.2 Å². The SMILES string of the molecule is O=C(CCCNC(=O)c1cnccn1)N[C@H]1CCCc2c1[nH]c1ccc(F)cc21. The summed E-state index contributed by atoms with van der Waals surface area (Å²) < 4.78 is 13.6. The van der Waals surface area contributed by atoms with Crippen molar-refractivity contribution in [2.75, 3.05) is 6.54 Å². The summed E-state index contributed by atoms with van der Waals surface area (Å²) in [6, 6.07) is 4.62. The van der Waals surface area contributed by atoms with Gasteiger partial charge in [0.25, 0.3) is 5.91 Å². The van der Waals surface area contributed by atoms with Gasteiger partial charge in [-0.2, -0.15) is 0 Å². The van der Waals surface area contributed by atoms with Gasteiger partial charge in [0.15, 0.2) is 0 Å². The van der Waals surface area contributed by atoms with Gasteiger partial charge in [0.2, 0.25) is 5.91 Å². The fourth-order valence-corrected chi connectivity index (χ4v) is 3.80. The first kappa shape index (κ1) is 19.0. The minimum absolute atomic E-state index is 0.0681. The minimum Gasteiger partial charge on any atom is -0.356 e. The van der Waals surface area contributed by atoms with Gasteiger partial charge in [0.1, 0.15) is 11.5 Å². The second-order valence-corrected chi connectivity index (χ2v) is 7.17. The van der Waals surface area contributed by atoms with Gasteiger partial charge in [-0.15, -0.1) is 0 Å². The maximum atomic E-state index is 13.6. The third kappa shape index (κ3) is 4.26. The number of nitrogens with zero attached hydrogens (tertiary/aromatic N) is 2. The molecular formula is C21H22FN5O2. The number of benzene rings is 1. The molecule has 4 rings (SSSR count). The molecular weight excluding hydrogens is 373 g/mol. The highest BCUT2D eigenvalue weighted by atomic mass is 19.1. The number of H-pyrrole nitrogens is 1. The number of carbonyl (C=O) groups is 2. The Hall–Kier alpha value is -3.29. The van der Waals surface area contributed by atoms with Crippen molar-refractivity contribution < 1.29 is 14.0 Å². The number of fused-ring (bicyclic) bond motifs is 3. The average Bonchev–Trinajstić information content (AvgIpc) is 3.11. The summed E-state index contributed by atoms with van der Waals surface area (Å²) in [4.78, 5) is 35.4. The summed E-state index contributed by atoms with van der Waals surface area (Å²) in [6.45, 7) is 0.379. The van der Waals surface area contributed by atoms with Crippen LogP contribution in [0.3, 0.4) is 0 Å². The number of carbonyl (C=O) groups excluding carboxylic acids is 2. The highest BCUT2D eigenvalue weighted by Crippen LogP contribution is 2.35. The van der Waals surface area contributed by atoms with Crippen LogP contribution in [0, 0.1) is 5.82 Å². The maximum absolute atomic E-state index is 13.6. The number of nitrogens with one attached hydrogen (secondary N) is 3. The van der Waals surface area contributed by atoms with Crippen molar-refractivity contribution in [3.8, 4) is 0 Å². The molecule has 8 heteroatoms. The molecule has 1 aliphatic rings. The first-order valence-corrected chi connectivity index (χ1v) is 9.75. The van der Waals surface area contributed by atoms with Crippen molar-refractivity contribution in [3.05, 3.63) is 59.6 Å². The Morgan fingerprint density at radius 3 is 3.00 bits per heavy atom. The van der Waals surface area contributed by atoms with E-state index in [1.165, 1.54) is 24.7 Å². The van der Waals surface area contributed by atoms with Crippen LogP contribution in [0.5, 0.6) is 0 Å². The Bertz CT molecular complexity index is 1030. The van der Waals surface area contributed by atoms with Crippen molar-refractivity contribution in [2.45, 2.75) is 38.1 Å². The quantitative estimate of drug-likeness (QED) is 0.559. The van der Waals surface area contributed by atoms with Crippen molar-refractivity contribution in [1.29, 1.82) is 0 Å². The van der Waals surface area contributed by atoms with Crippen LogP contribution in [0.2, 0.25) is 0 Å². The third-order valence-corrected chi connectivity index (χ3v) is 5.17. The molecule has 29 heavy (non-hydrogen) atoms. The fraction of sp³-hybridized carbons (Fsp3) is 0.333. The van der Waals surface area contributed by atoms with Gasteiger partial charge >= 0.3 is 0 Å². The molecule has 0 fully saturated rings. The largest absolute Gasteiger partial charge is 0.356 e. The highest BCUT2D eigenvalue weighted by molar-refractivity contribution is 5.91. The van der Waals surface area contributed by atoms with Gasteiger partial charge in [-0.05, 0) is 49.4 Å². The van der Waals surface area contributed by atoms with E-state index in [2.05, 4.69) is 25.6 Å². The molecule has 0 bridgehead atoms. The lowest BCUT2D eigenvalue weighted by atomic mass is 9.91. The minimum atomic E-state index is -0.305. The van der Waals surface area contributed by atoms with E-state index in [1.807, 2.05) is 0 Å². The lowest BCUT2D eigenvalue weighted by Crippen LogP contribution is -2.32. The molecule has 2 aromatic heterocycles. The molecule has 2 heterocycles. The van der Waals surface area contributed by atoms with Crippen LogP contribution >= 0.6 is 0 Å². The molecule has 0 saturated heterocycles. The van der Waals surface area contributed by atoms with Gasteiger partial charge in [-0.1, -0.05) is 0 Å². The normalized spacial score (nSPS) is 15.7. The van der Waals surface area contributed by atoms with Crippen molar-refractivity contribution in [1.82, 2.24) is 25.6 Å². The number of hydrogen-bond donors (Lipinski definition) is 3.